The minimum Gasteiger partial charge on any atom is -0.306 e. The first-order valence-electron chi connectivity index (χ1n) is 6.16. The molecule has 1 atom stereocenters. The van der Waals surface area contributed by atoms with Gasteiger partial charge >= 0.3 is 0 Å². The average Bonchev–Trinajstić information content (AvgIpc) is 2.37. The standard InChI is InChI=1S/C15H13ClF3N/c1-2-20-15(9-3-5-10(16)6-4-9)14-12(18)7-11(17)8-13(14)19/h3-8,15,20H,2H2,1H3. The van der Waals surface area contributed by atoms with Crippen molar-refractivity contribution in [2.24, 2.45) is 0 Å². The second-order valence-electron chi connectivity index (χ2n) is 4.33. The van der Waals surface area contributed by atoms with Gasteiger partial charge in [-0.3, -0.25) is 0 Å². The number of nitrogens with one attached hydrogen (secondary N) is 1. The van der Waals surface area contributed by atoms with Crippen LogP contribution in [0, 0.1) is 17.5 Å². The maximum absolute atomic E-state index is 13.9. The Balaban J connectivity index is 2.51. The molecular formula is C15H13ClF3N. The lowest BCUT2D eigenvalue weighted by molar-refractivity contribution is 0.492. The summed E-state index contributed by atoms with van der Waals surface area (Å²) >= 11 is 5.80. The molecule has 1 unspecified atom stereocenters. The normalized spacial score (nSPS) is 12.4. The smallest absolute Gasteiger partial charge is 0.134 e. The molecule has 0 amide bonds. The molecule has 0 fully saturated rings. The Labute approximate surface area is 120 Å². The van der Waals surface area contributed by atoms with Crippen LogP contribution in [-0.2, 0) is 0 Å². The Bertz CT molecular complexity index is 576. The van der Waals surface area contributed by atoms with Crippen LogP contribution >= 0.6 is 11.6 Å². The summed E-state index contributed by atoms with van der Waals surface area (Å²) in [6.07, 6.45) is 0. The summed E-state index contributed by atoms with van der Waals surface area (Å²) in [4.78, 5) is 0. The summed E-state index contributed by atoms with van der Waals surface area (Å²) in [5, 5.41) is 3.52. The fourth-order valence-corrected chi connectivity index (χ4v) is 2.20. The number of rotatable bonds is 4. The lowest BCUT2D eigenvalue weighted by Crippen LogP contribution is -2.24. The fraction of sp³-hybridized carbons (Fsp3) is 0.200. The first-order valence-corrected chi connectivity index (χ1v) is 6.54. The van der Waals surface area contributed by atoms with Gasteiger partial charge in [-0.05, 0) is 24.2 Å². The first-order chi connectivity index (χ1) is 9.52. The van der Waals surface area contributed by atoms with E-state index in [4.69, 9.17) is 11.6 Å². The van der Waals surface area contributed by atoms with Crippen molar-refractivity contribution in [2.45, 2.75) is 13.0 Å². The van der Waals surface area contributed by atoms with Gasteiger partial charge in [-0.2, -0.15) is 0 Å². The van der Waals surface area contributed by atoms with Crippen molar-refractivity contribution in [3.8, 4) is 0 Å². The van der Waals surface area contributed by atoms with Gasteiger partial charge in [-0.25, -0.2) is 13.2 Å². The van der Waals surface area contributed by atoms with Crippen molar-refractivity contribution in [3.05, 3.63) is 70.0 Å². The van der Waals surface area contributed by atoms with Crippen LogP contribution < -0.4 is 5.32 Å². The summed E-state index contributed by atoms with van der Waals surface area (Å²) in [6.45, 7) is 2.33. The van der Waals surface area contributed by atoms with Gasteiger partial charge in [0.05, 0.1) is 6.04 Å². The van der Waals surface area contributed by atoms with Gasteiger partial charge in [-0.1, -0.05) is 30.7 Å². The van der Waals surface area contributed by atoms with E-state index in [1.807, 2.05) is 6.92 Å². The SMILES string of the molecule is CCNC(c1ccc(Cl)cc1)c1c(F)cc(F)cc1F. The van der Waals surface area contributed by atoms with E-state index in [0.29, 0.717) is 29.3 Å². The fourth-order valence-electron chi connectivity index (χ4n) is 2.08. The van der Waals surface area contributed by atoms with Crippen molar-refractivity contribution < 1.29 is 13.2 Å². The molecule has 1 N–H and O–H groups in total. The van der Waals surface area contributed by atoms with Gasteiger partial charge in [0.15, 0.2) is 0 Å². The minimum absolute atomic E-state index is 0.199. The summed E-state index contributed by atoms with van der Waals surface area (Å²) < 4.78 is 40.8. The minimum atomic E-state index is -0.935. The molecular weight excluding hydrogens is 287 g/mol. The summed E-state index contributed by atoms with van der Waals surface area (Å²) in [7, 11) is 0. The third-order valence-electron chi connectivity index (χ3n) is 2.94. The predicted molar refractivity (Wildman–Crippen MR) is 73.3 cm³/mol. The Hall–Kier alpha value is -1.52. The Morgan fingerprint density at radius 3 is 2.10 bits per heavy atom. The molecule has 0 spiro atoms. The molecule has 2 rings (SSSR count). The second-order valence-corrected chi connectivity index (χ2v) is 4.76. The highest BCUT2D eigenvalue weighted by molar-refractivity contribution is 6.30. The molecule has 0 aliphatic heterocycles. The highest BCUT2D eigenvalue weighted by Gasteiger charge is 2.22. The van der Waals surface area contributed by atoms with Crippen molar-refractivity contribution in [1.29, 1.82) is 0 Å². The maximum Gasteiger partial charge on any atom is 0.134 e. The van der Waals surface area contributed by atoms with Gasteiger partial charge < -0.3 is 5.32 Å². The van der Waals surface area contributed by atoms with E-state index in [0.717, 1.165) is 0 Å². The van der Waals surface area contributed by atoms with Gasteiger partial charge in [0.2, 0.25) is 0 Å². The van der Waals surface area contributed by atoms with E-state index in [-0.39, 0.29) is 5.56 Å². The van der Waals surface area contributed by atoms with Crippen molar-refractivity contribution in [1.82, 2.24) is 5.32 Å². The monoisotopic (exact) mass is 299 g/mol. The summed E-state index contributed by atoms with van der Waals surface area (Å²) in [5.74, 6) is -2.76. The summed E-state index contributed by atoms with van der Waals surface area (Å²) in [6, 6.07) is 7.30. The van der Waals surface area contributed by atoms with Crippen LogP contribution in [0.5, 0.6) is 0 Å². The quantitative estimate of drug-likeness (QED) is 0.879. The van der Waals surface area contributed by atoms with E-state index in [9.17, 15) is 13.2 Å². The molecule has 0 saturated carbocycles. The average molecular weight is 300 g/mol. The molecule has 0 aromatic heterocycles. The van der Waals surface area contributed by atoms with E-state index < -0.39 is 23.5 Å². The van der Waals surface area contributed by atoms with E-state index in [1.54, 1.807) is 24.3 Å². The van der Waals surface area contributed by atoms with E-state index in [1.165, 1.54) is 0 Å². The van der Waals surface area contributed by atoms with Crippen molar-refractivity contribution in [2.75, 3.05) is 6.54 Å². The number of benzene rings is 2. The van der Waals surface area contributed by atoms with Gasteiger partial charge in [0.25, 0.3) is 0 Å². The largest absolute Gasteiger partial charge is 0.306 e. The zero-order valence-electron chi connectivity index (χ0n) is 10.8. The van der Waals surface area contributed by atoms with Crippen LogP contribution in [0.2, 0.25) is 5.02 Å². The molecule has 20 heavy (non-hydrogen) atoms. The first kappa shape index (κ1) is 14.9. The number of hydrogen-bond donors (Lipinski definition) is 1. The van der Waals surface area contributed by atoms with Gasteiger partial charge in [-0.15, -0.1) is 0 Å². The van der Waals surface area contributed by atoms with Crippen molar-refractivity contribution >= 4 is 11.6 Å². The molecule has 0 radical (unpaired) electrons. The molecule has 0 saturated heterocycles. The summed E-state index contributed by atoms with van der Waals surface area (Å²) in [5.41, 5.74) is 0.455. The molecule has 0 bridgehead atoms. The van der Waals surface area contributed by atoms with Gasteiger partial charge in [0, 0.05) is 22.7 Å². The molecule has 0 aliphatic carbocycles. The maximum atomic E-state index is 13.9. The van der Waals surface area contributed by atoms with E-state index in [2.05, 4.69) is 5.32 Å². The molecule has 0 heterocycles. The lowest BCUT2D eigenvalue weighted by Gasteiger charge is -2.20. The molecule has 2 aromatic carbocycles. The van der Waals surface area contributed by atoms with Crippen LogP contribution in [0.25, 0.3) is 0 Å². The third kappa shape index (κ3) is 3.14. The van der Waals surface area contributed by atoms with Crippen LogP contribution in [0.4, 0.5) is 13.2 Å². The molecule has 106 valence electrons. The van der Waals surface area contributed by atoms with Crippen molar-refractivity contribution in [3.63, 3.8) is 0 Å². The van der Waals surface area contributed by atoms with Crippen LogP contribution in [0.3, 0.4) is 0 Å². The van der Waals surface area contributed by atoms with Crippen LogP contribution in [0.15, 0.2) is 36.4 Å². The van der Waals surface area contributed by atoms with Crippen LogP contribution in [0.1, 0.15) is 24.1 Å². The van der Waals surface area contributed by atoms with Crippen LogP contribution in [-0.4, -0.2) is 6.54 Å². The molecule has 0 aliphatic rings. The predicted octanol–water partition coefficient (Wildman–Crippen LogP) is 4.46. The molecule has 1 nitrogen and oxygen atoms in total. The Morgan fingerprint density at radius 1 is 1.05 bits per heavy atom. The number of hydrogen-bond acceptors (Lipinski definition) is 1. The highest BCUT2D eigenvalue weighted by atomic mass is 35.5. The topological polar surface area (TPSA) is 12.0 Å². The zero-order valence-corrected chi connectivity index (χ0v) is 11.5. The number of halogens is 4. The third-order valence-corrected chi connectivity index (χ3v) is 3.20. The lowest BCUT2D eigenvalue weighted by atomic mass is 9.97. The molecule has 2 aromatic rings. The highest BCUT2D eigenvalue weighted by Crippen LogP contribution is 2.28. The molecule has 5 heteroatoms. The van der Waals surface area contributed by atoms with E-state index >= 15 is 0 Å². The zero-order chi connectivity index (χ0) is 14.7. The van der Waals surface area contributed by atoms with Gasteiger partial charge in [0.1, 0.15) is 17.5 Å². The Kier molecular flexibility index (Phi) is 4.68. The second kappa shape index (κ2) is 6.29. The Morgan fingerprint density at radius 2 is 1.60 bits per heavy atom.